The average molecular weight is 197 g/mol. The molecule has 0 aromatic rings. The molecule has 0 aromatic carbocycles. The normalized spacial score (nSPS) is 28.9. The molecule has 81 valence electrons. The summed E-state index contributed by atoms with van der Waals surface area (Å²) < 4.78 is 5.40. The molecule has 0 bridgehead atoms. The van der Waals surface area contributed by atoms with Crippen molar-refractivity contribution in [2.45, 2.75) is 25.8 Å². The van der Waals surface area contributed by atoms with Gasteiger partial charge in [-0.1, -0.05) is 0 Å². The number of ether oxygens (including phenoxy) is 1. The van der Waals surface area contributed by atoms with Crippen molar-refractivity contribution in [1.29, 1.82) is 0 Å². The van der Waals surface area contributed by atoms with Gasteiger partial charge in [-0.2, -0.15) is 0 Å². The highest BCUT2D eigenvalue weighted by atomic mass is 16.5. The van der Waals surface area contributed by atoms with Gasteiger partial charge in [0, 0.05) is 45.4 Å². The molecule has 0 amide bonds. The van der Waals surface area contributed by atoms with E-state index in [2.05, 4.69) is 17.1 Å². The Hall–Kier alpha value is -0.120. The van der Waals surface area contributed by atoms with Crippen molar-refractivity contribution in [2.24, 2.45) is 5.92 Å². The van der Waals surface area contributed by atoms with E-state index in [1.54, 1.807) is 0 Å². The van der Waals surface area contributed by atoms with Gasteiger partial charge in [0.25, 0.3) is 0 Å². The van der Waals surface area contributed by atoms with E-state index < -0.39 is 0 Å². The van der Waals surface area contributed by atoms with Crippen LogP contribution in [0.1, 0.15) is 19.8 Å². The Morgan fingerprint density at radius 2 is 1.86 bits per heavy atom. The predicted molar refractivity (Wildman–Crippen MR) is 56.4 cm³/mol. The summed E-state index contributed by atoms with van der Waals surface area (Å²) >= 11 is 0. The van der Waals surface area contributed by atoms with Gasteiger partial charge in [0.15, 0.2) is 0 Å². The third-order valence-corrected chi connectivity index (χ3v) is 3.61. The smallest absolute Gasteiger partial charge is 0.0469 e. The number of hydrogen-bond acceptors (Lipinski definition) is 2. The van der Waals surface area contributed by atoms with Crippen LogP contribution in [0.15, 0.2) is 0 Å². The van der Waals surface area contributed by atoms with Crippen LogP contribution in [0.4, 0.5) is 0 Å². The van der Waals surface area contributed by atoms with E-state index in [1.807, 2.05) is 0 Å². The van der Waals surface area contributed by atoms with Gasteiger partial charge >= 0.3 is 0 Å². The molecule has 1 radical (unpaired) electrons. The van der Waals surface area contributed by atoms with E-state index in [1.165, 1.54) is 25.9 Å². The summed E-state index contributed by atoms with van der Waals surface area (Å²) in [5.74, 6) is 0.849. The van der Waals surface area contributed by atoms with Crippen LogP contribution in [0.3, 0.4) is 0 Å². The van der Waals surface area contributed by atoms with E-state index in [4.69, 9.17) is 4.74 Å². The first-order valence-corrected chi connectivity index (χ1v) is 5.83. The Morgan fingerprint density at radius 3 is 2.50 bits per heavy atom. The highest BCUT2D eigenvalue weighted by Crippen LogP contribution is 2.22. The van der Waals surface area contributed by atoms with Crippen LogP contribution >= 0.6 is 0 Å². The Labute approximate surface area is 86.8 Å². The molecule has 3 nitrogen and oxygen atoms in total. The molecule has 2 aliphatic heterocycles. The van der Waals surface area contributed by atoms with Gasteiger partial charge < -0.3 is 4.74 Å². The van der Waals surface area contributed by atoms with Crippen LogP contribution in [0.25, 0.3) is 0 Å². The summed E-state index contributed by atoms with van der Waals surface area (Å²) in [7, 11) is 0. The van der Waals surface area contributed by atoms with Gasteiger partial charge in [-0.25, -0.2) is 5.32 Å². The van der Waals surface area contributed by atoms with Crippen LogP contribution in [0, 0.1) is 5.92 Å². The second-order valence-corrected chi connectivity index (χ2v) is 4.40. The molecule has 2 fully saturated rings. The van der Waals surface area contributed by atoms with Crippen LogP contribution in [0.5, 0.6) is 0 Å². The molecule has 2 saturated heterocycles. The quantitative estimate of drug-likeness (QED) is 0.652. The van der Waals surface area contributed by atoms with Crippen molar-refractivity contribution >= 4 is 0 Å². The molecule has 1 unspecified atom stereocenters. The lowest BCUT2D eigenvalue weighted by Crippen LogP contribution is -2.48. The van der Waals surface area contributed by atoms with Crippen molar-refractivity contribution in [2.75, 3.05) is 39.4 Å². The fourth-order valence-corrected chi connectivity index (χ4v) is 2.53. The number of hydrogen-bond donors (Lipinski definition) is 0. The maximum atomic E-state index is 5.40. The van der Waals surface area contributed by atoms with Crippen molar-refractivity contribution in [3.8, 4) is 0 Å². The number of rotatable bonds is 2. The first-order chi connectivity index (χ1) is 6.88. The summed E-state index contributed by atoms with van der Waals surface area (Å²) in [5.41, 5.74) is 0. The second kappa shape index (κ2) is 5.10. The molecule has 2 heterocycles. The molecule has 0 N–H and O–H groups in total. The van der Waals surface area contributed by atoms with Crippen LogP contribution in [-0.4, -0.2) is 50.3 Å². The minimum Gasteiger partial charge on any atom is -0.381 e. The fourth-order valence-electron chi connectivity index (χ4n) is 2.53. The Bertz CT molecular complexity index is 145. The monoisotopic (exact) mass is 197 g/mol. The third-order valence-electron chi connectivity index (χ3n) is 3.61. The topological polar surface area (TPSA) is 26.6 Å². The number of piperazine rings is 1. The lowest BCUT2D eigenvalue weighted by molar-refractivity contribution is 0.0270. The highest BCUT2D eigenvalue weighted by molar-refractivity contribution is 4.80. The van der Waals surface area contributed by atoms with Crippen LogP contribution in [0.2, 0.25) is 0 Å². The third kappa shape index (κ3) is 2.47. The Morgan fingerprint density at radius 1 is 1.21 bits per heavy atom. The summed E-state index contributed by atoms with van der Waals surface area (Å²) in [6.45, 7) is 8.71. The molecule has 0 saturated carbocycles. The molecular formula is C11H21N2O. The SMILES string of the molecule is CC(C1CCOCC1)N1CC[N]CC1. The lowest BCUT2D eigenvalue weighted by atomic mass is 9.91. The largest absolute Gasteiger partial charge is 0.381 e. The zero-order chi connectivity index (χ0) is 9.80. The van der Waals surface area contributed by atoms with Gasteiger partial charge in [-0.05, 0) is 25.7 Å². The molecule has 2 rings (SSSR count). The molecule has 14 heavy (non-hydrogen) atoms. The van der Waals surface area contributed by atoms with Crippen LogP contribution in [-0.2, 0) is 4.74 Å². The van der Waals surface area contributed by atoms with Gasteiger partial charge in [0.05, 0.1) is 0 Å². The first-order valence-electron chi connectivity index (χ1n) is 5.83. The minimum absolute atomic E-state index is 0.731. The molecule has 0 aliphatic carbocycles. The van der Waals surface area contributed by atoms with Gasteiger partial charge in [-0.3, -0.25) is 4.90 Å². The molecule has 0 spiro atoms. The van der Waals surface area contributed by atoms with E-state index in [9.17, 15) is 0 Å². The van der Waals surface area contributed by atoms with Crippen molar-refractivity contribution in [1.82, 2.24) is 10.2 Å². The maximum Gasteiger partial charge on any atom is 0.0469 e. The van der Waals surface area contributed by atoms with Crippen molar-refractivity contribution in [3.05, 3.63) is 0 Å². The first kappa shape index (κ1) is 10.4. The second-order valence-electron chi connectivity index (χ2n) is 4.40. The highest BCUT2D eigenvalue weighted by Gasteiger charge is 2.26. The summed E-state index contributed by atoms with van der Waals surface area (Å²) in [6.07, 6.45) is 2.49. The molecule has 3 heteroatoms. The lowest BCUT2D eigenvalue weighted by Gasteiger charge is -2.38. The fraction of sp³-hybridized carbons (Fsp3) is 1.00. The maximum absolute atomic E-state index is 5.40. The molecule has 0 aromatic heterocycles. The summed E-state index contributed by atoms with van der Waals surface area (Å²) in [6, 6.07) is 0.731. The molecule has 2 aliphatic rings. The molecule has 1 atom stereocenters. The Balaban J connectivity index is 1.82. The summed E-state index contributed by atoms with van der Waals surface area (Å²) in [5, 5.41) is 4.39. The van der Waals surface area contributed by atoms with E-state index >= 15 is 0 Å². The predicted octanol–water partition coefficient (Wildman–Crippen LogP) is 0.722. The van der Waals surface area contributed by atoms with E-state index in [-0.39, 0.29) is 0 Å². The number of nitrogens with zero attached hydrogens (tertiary/aromatic N) is 2. The Kier molecular flexibility index (Phi) is 3.79. The van der Waals surface area contributed by atoms with E-state index in [0.717, 1.165) is 38.3 Å². The van der Waals surface area contributed by atoms with Gasteiger partial charge in [0.2, 0.25) is 0 Å². The summed E-state index contributed by atoms with van der Waals surface area (Å²) in [4.78, 5) is 2.60. The molecular weight excluding hydrogens is 176 g/mol. The van der Waals surface area contributed by atoms with Gasteiger partial charge in [0.1, 0.15) is 0 Å². The van der Waals surface area contributed by atoms with Crippen molar-refractivity contribution < 1.29 is 4.74 Å². The van der Waals surface area contributed by atoms with Crippen LogP contribution < -0.4 is 5.32 Å². The standard InChI is InChI=1S/C11H21N2O/c1-10(11-2-8-14-9-3-11)13-6-4-12-5-7-13/h10-11H,2-9H2,1H3. The zero-order valence-corrected chi connectivity index (χ0v) is 9.11. The van der Waals surface area contributed by atoms with Crippen molar-refractivity contribution in [3.63, 3.8) is 0 Å². The van der Waals surface area contributed by atoms with E-state index in [0.29, 0.717) is 0 Å². The zero-order valence-electron chi connectivity index (χ0n) is 9.11. The van der Waals surface area contributed by atoms with Gasteiger partial charge in [-0.15, -0.1) is 0 Å². The average Bonchev–Trinajstić information content (AvgIpc) is 2.30. The minimum atomic E-state index is 0.731.